The van der Waals surface area contributed by atoms with Gasteiger partial charge in [0, 0.05) is 6.04 Å². The van der Waals surface area contributed by atoms with E-state index in [1.54, 1.807) is 6.07 Å². The van der Waals surface area contributed by atoms with E-state index in [0.29, 0.717) is 22.5 Å². The van der Waals surface area contributed by atoms with Gasteiger partial charge in [0.1, 0.15) is 0 Å². The number of nitrogens with one attached hydrogen (secondary N) is 1. The van der Waals surface area contributed by atoms with Crippen LogP contribution in [0.3, 0.4) is 0 Å². The summed E-state index contributed by atoms with van der Waals surface area (Å²) in [7, 11) is 0. The molecule has 16 heavy (non-hydrogen) atoms. The van der Waals surface area contributed by atoms with Gasteiger partial charge in [-0.05, 0) is 59.8 Å². The van der Waals surface area contributed by atoms with Crippen molar-refractivity contribution in [3.8, 4) is 5.75 Å². The minimum absolute atomic E-state index is 0.270. The predicted octanol–water partition coefficient (Wildman–Crippen LogP) is 2.90. The van der Waals surface area contributed by atoms with Crippen LogP contribution in [0, 0.1) is 12.7 Å². The fraction of sp³-hybridized carbons (Fsp3) is 0.500. The van der Waals surface area contributed by atoms with Crippen molar-refractivity contribution in [1.82, 2.24) is 5.32 Å². The molecule has 1 unspecified atom stereocenters. The van der Waals surface area contributed by atoms with E-state index in [9.17, 15) is 9.50 Å². The molecule has 1 fully saturated rings. The summed E-state index contributed by atoms with van der Waals surface area (Å²) >= 11 is 3.17. The Balaban J connectivity index is 2.26. The van der Waals surface area contributed by atoms with Crippen LogP contribution in [0.2, 0.25) is 0 Å². The number of hydrogen-bond acceptors (Lipinski definition) is 2. The SMILES string of the molecule is Cc1cc(CC2CCCN2)c(F)c(O)c1Br. The summed E-state index contributed by atoms with van der Waals surface area (Å²) in [6.45, 7) is 2.86. The lowest BCUT2D eigenvalue weighted by molar-refractivity contribution is 0.422. The van der Waals surface area contributed by atoms with Gasteiger partial charge in [0.15, 0.2) is 11.6 Å². The average molecular weight is 288 g/mol. The standard InChI is InChI=1S/C12H15BrFNO/c1-7-5-8(6-9-3-2-4-15-9)11(14)12(16)10(7)13/h5,9,15-16H,2-4,6H2,1H3. The van der Waals surface area contributed by atoms with Crippen molar-refractivity contribution >= 4 is 15.9 Å². The molecule has 4 heteroatoms. The Morgan fingerprint density at radius 1 is 1.62 bits per heavy atom. The lowest BCUT2D eigenvalue weighted by Crippen LogP contribution is -2.24. The highest BCUT2D eigenvalue weighted by Crippen LogP contribution is 2.33. The van der Waals surface area contributed by atoms with Crippen molar-refractivity contribution in [3.63, 3.8) is 0 Å². The van der Waals surface area contributed by atoms with Gasteiger partial charge in [-0.25, -0.2) is 4.39 Å². The molecule has 1 aromatic carbocycles. The highest BCUT2D eigenvalue weighted by atomic mass is 79.9. The molecular weight excluding hydrogens is 273 g/mol. The van der Waals surface area contributed by atoms with E-state index in [-0.39, 0.29) is 5.75 Å². The summed E-state index contributed by atoms with van der Waals surface area (Å²) < 4.78 is 14.2. The van der Waals surface area contributed by atoms with Crippen LogP contribution in [0.25, 0.3) is 0 Å². The highest BCUT2D eigenvalue weighted by Gasteiger charge is 2.19. The molecule has 0 amide bonds. The Hall–Kier alpha value is -0.610. The number of halogens is 2. The third-order valence-corrected chi connectivity index (χ3v) is 4.06. The predicted molar refractivity (Wildman–Crippen MR) is 65.2 cm³/mol. The van der Waals surface area contributed by atoms with Crippen LogP contribution in [0.4, 0.5) is 4.39 Å². The van der Waals surface area contributed by atoms with Gasteiger partial charge in [-0.2, -0.15) is 0 Å². The molecule has 0 spiro atoms. The molecule has 0 saturated carbocycles. The second-order valence-corrected chi connectivity index (χ2v) is 5.12. The minimum atomic E-state index is -0.494. The molecule has 2 rings (SSSR count). The molecule has 0 bridgehead atoms. The zero-order chi connectivity index (χ0) is 11.7. The molecule has 0 radical (unpaired) electrons. The van der Waals surface area contributed by atoms with E-state index < -0.39 is 5.82 Å². The molecule has 1 atom stereocenters. The van der Waals surface area contributed by atoms with E-state index in [1.165, 1.54) is 0 Å². The van der Waals surface area contributed by atoms with Crippen molar-refractivity contribution in [3.05, 3.63) is 27.5 Å². The zero-order valence-electron chi connectivity index (χ0n) is 9.19. The maximum absolute atomic E-state index is 13.8. The van der Waals surface area contributed by atoms with Crippen LogP contribution >= 0.6 is 15.9 Å². The summed E-state index contributed by atoms with van der Waals surface area (Å²) in [6, 6.07) is 2.15. The second kappa shape index (κ2) is 4.72. The molecule has 88 valence electrons. The average Bonchev–Trinajstić information content (AvgIpc) is 2.76. The van der Waals surface area contributed by atoms with Crippen LogP contribution in [0.15, 0.2) is 10.5 Å². The Morgan fingerprint density at radius 3 is 3.00 bits per heavy atom. The van der Waals surface area contributed by atoms with E-state index in [2.05, 4.69) is 21.2 Å². The van der Waals surface area contributed by atoms with Gasteiger partial charge in [0.25, 0.3) is 0 Å². The highest BCUT2D eigenvalue weighted by molar-refractivity contribution is 9.10. The van der Waals surface area contributed by atoms with Crippen molar-refractivity contribution in [2.24, 2.45) is 0 Å². The van der Waals surface area contributed by atoms with Gasteiger partial charge < -0.3 is 10.4 Å². The molecule has 1 heterocycles. The third kappa shape index (κ3) is 2.23. The lowest BCUT2D eigenvalue weighted by Gasteiger charge is -2.13. The molecule has 1 aromatic rings. The first-order valence-electron chi connectivity index (χ1n) is 5.49. The maximum atomic E-state index is 13.8. The normalized spacial score (nSPS) is 20.3. The fourth-order valence-electron chi connectivity index (χ4n) is 2.17. The summed E-state index contributed by atoms with van der Waals surface area (Å²) in [5, 5.41) is 12.9. The number of aryl methyl sites for hydroxylation is 1. The molecular formula is C12H15BrFNO. The number of rotatable bonds is 2. The molecule has 2 nitrogen and oxygen atoms in total. The maximum Gasteiger partial charge on any atom is 0.169 e. The zero-order valence-corrected chi connectivity index (χ0v) is 10.8. The Morgan fingerprint density at radius 2 is 2.38 bits per heavy atom. The summed E-state index contributed by atoms with van der Waals surface area (Å²) in [5.41, 5.74) is 1.46. The van der Waals surface area contributed by atoms with Crippen LogP contribution in [-0.2, 0) is 6.42 Å². The van der Waals surface area contributed by atoms with Crippen LogP contribution in [-0.4, -0.2) is 17.7 Å². The van der Waals surface area contributed by atoms with Gasteiger partial charge >= 0.3 is 0 Å². The van der Waals surface area contributed by atoms with Crippen LogP contribution in [0.1, 0.15) is 24.0 Å². The second-order valence-electron chi connectivity index (χ2n) is 4.33. The van der Waals surface area contributed by atoms with E-state index in [0.717, 1.165) is 24.9 Å². The van der Waals surface area contributed by atoms with E-state index >= 15 is 0 Å². The first-order chi connectivity index (χ1) is 7.59. The van der Waals surface area contributed by atoms with Gasteiger partial charge in [-0.3, -0.25) is 0 Å². The largest absolute Gasteiger partial charge is 0.504 e. The van der Waals surface area contributed by atoms with E-state index in [4.69, 9.17) is 0 Å². The quantitative estimate of drug-likeness (QED) is 0.877. The number of hydrogen-bond donors (Lipinski definition) is 2. The third-order valence-electron chi connectivity index (χ3n) is 3.06. The molecule has 1 saturated heterocycles. The first kappa shape index (κ1) is 11.9. The molecule has 0 aromatic heterocycles. The molecule has 1 aliphatic rings. The fourth-order valence-corrected chi connectivity index (χ4v) is 2.46. The van der Waals surface area contributed by atoms with Gasteiger partial charge in [-0.1, -0.05) is 6.07 Å². The van der Waals surface area contributed by atoms with Crippen LogP contribution in [0.5, 0.6) is 5.75 Å². The minimum Gasteiger partial charge on any atom is -0.504 e. The monoisotopic (exact) mass is 287 g/mol. The number of benzene rings is 1. The van der Waals surface area contributed by atoms with Gasteiger partial charge in [-0.15, -0.1) is 0 Å². The van der Waals surface area contributed by atoms with Gasteiger partial charge in [0.05, 0.1) is 4.47 Å². The Labute approximate surface area is 103 Å². The summed E-state index contributed by atoms with van der Waals surface area (Å²) in [5.74, 6) is -0.765. The van der Waals surface area contributed by atoms with Crippen LogP contribution < -0.4 is 5.32 Å². The van der Waals surface area contributed by atoms with E-state index in [1.807, 2.05) is 6.92 Å². The number of phenols is 1. The number of aromatic hydroxyl groups is 1. The smallest absolute Gasteiger partial charge is 0.169 e. The van der Waals surface area contributed by atoms with Crippen molar-refractivity contribution in [2.45, 2.75) is 32.2 Å². The topological polar surface area (TPSA) is 32.3 Å². The van der Waals surface area contributed by atoms with Crippen molar-refractivity contribution in [2.75, 3.05) is 6.54 Å². The van der Waals surface area contributed by atoms with Gasteiger partial charge in [0.2, 0.25) is 0 Å². The Kier molecular flexibility index (Phi) is 3.50. The summed E-state index contributed by atoms with van der Waals surface area (Å²) in [6.07, 6.45) is 2.87. The summed E-state index contributed by atoms with van der Waals surface area (Å²) in [4.78, 5) is 0. The molecule has 2 N–H and O–H groups in total. The molecule has 0 aliphatic carbocycles. The number of phenolic OH excluding ortho intramolecular Hbond substituents is 1. The Bertz CT molecular complexity index is 402. The van der Waals surface area contributed by atoms with Crippen molar-refractivity contribution < 1.29 is 9.50 Å². The lowest BCUT2D eigenvalue weighted by atomic mass is 10.0. The first-order valence-corrected chi connectivity index (χ1v) is 6.28. The molecule has 1 aliphatic heterocycles. The van der Waals surface area contributed by atoms with Crippen molar-refractivity contribution in [1.29, 1.82) is 0 Å².